The fourth-order valence-electron chi connectivity index (χ4n) is 3.72. The Hall–Kier alpha value is -2.21. The maximum Gasteiger partial charge on any atom is 0.305 e. The van der Waals surface area contributed by atoms with Crippen LogP contribution in [0.3, 0.4) is 0 Å². The summed E-state index contributed by atoms with van der Waals surface area (Å²) in [5.41, 5.74) is 2.13. The summed E-state index contributed by atoms with van der Waals surface area (Å²) in [7, 11) is 0. The van der Waals surface area contributed by atoms with Crippen molar-refractivity contribution in [1.29, 1.82) is 0 Å². The van der Waals surface area contributed by atoms with E-state index < -0.39 is 18.4 Å². The van der Waals surface area contributed by atoms with Gasteiger partial charge in [0.1, 0.15) is 6.10 Å². The van der Waals surface area contributed by atoms with Crippen LogP contribution in [0.2, 0.25) is 0 Å². The minimum atomic E-state index is -0.793. The molecule has 5 nitrogen and oxygen atoms in total. The molecule has 0 saturated carbocycles. The van der Waals surface area contributed by atoms with Crippen LogP contribution in [0.5, 0.6) is 0 Å². The maximum atomic E-state index is 11.7. The summed E-state index contributed by atoms with van der Waals surface area (Å²) >= 11 is 0. The van der Waals surface area contributed by atoms with Gasteiger partial charge in [-0.05, 0) is 17.5 Å². The number of carbonyl (C=O) groups excluding carboxylic acids is 1. The second-order valence-corrected chi connectivity index (χ2v) is 7.44. The van der Waals surface area contributed by atoms with E-state index in [9.17, 15) is 4.79 Å². The summed E-state index contributed by atoms with van der Waals surface area (Å²) in [5.74, 6) is -0.300. The molecule has 0 N–H and O–H groups in total. The van der Waals surface area contributed by atoms with Crippen molar-refractivity contribution in [3.05, 3.63) is 71.8 Å². The highest BCUT2D eigenvalue weighted by atomic mass is 16.7. The van der Waals surface area contributed by atoms with E-state index in [1.807, 2.05) is 60.7 Å². The van der Waals surface area contributed by atoms with Gasteiger partial charge in [0.25, 0.3) is 0 Å². The number of hydrogen-bond acceptors (Lipinski definition) is 5. The minimum Gasteiger partial charge on any atom is -0.433 e. The summed E-state index contributed by atoms with van der Waals surface area (Å²) in [5, 5.41) is 0. The monoisotopic (exact) mass is 398 g/mol. The van der Waals surface area contributed by atoms with E-state index in [4.69, 9.17) is 18.9 Å². The molecule has 1 heterocycles. The SMILES string of the molecule is CC[C@H]1OC(OC(C)=O)[C@H](OCc2ccccc2)[C@@H](OCc2ccccc2)[C@H]1C. The molecule has 2 aromatic rings. The van der Waals surface area contributed by atoms with Crippen LogP contribution in [0.1, 0.15) is 38.3 Å². The van der Waals surface area contributed by atoms with Crippen molar-refractivity contribution < 1.29 is 23.7 Å². The van der Waals surface area contributed by atoms with E-state index >= 15 is 0 Å². The van der Waals surface area contributed by atoms with Crippen LogP contribution in [0.25, 0.3) is 0 Å². The Morgan fingerprint density at radius 2 is 1.41 bits per heavy atom. The zero-order valence-corrected chi connectivity index (χ0v) is 17.3. The Bertz CT molecular complexity index is 748. The molecule has 156 valence electrons. The summed E-state index contributed by atoms with van der Waals surface area (Å²) in [6.07, 6.45) is -0.840. The molecule has 29 heavy (non-hydrogen) atoms. The Morgan fingerprint density at radius 3 is 1.90 bits per heavy atom. The highest BCUT2D eigenvalue weighted by Crippen LogP contribution is 2.33. The molecule has 3 rings (SSSR count). The first-order valence-electron chi connectivity index (χ1n) is 10.2. The van der Waals surface area contributed by atoms with Crippen molar-refractivity contribution in [1.82, 2.24) is 0 Å². The third-order valence-corrected chi connectivity index (χ3v) is 5.26. The predicted molar refractivity (Wildman–Crippen MR) is 110 cm³/mol. The maximum absolute atomic E-state index is 11.7. The molecule has 1 aliphatic heterocycles. The van der Waals surface area contributed by atoms with Crippen LogP contribution < -0.4 is 0 Å². The molecule has 0 aromatic heterocycles. The Morgan fingerprint density at radius 1 is 0.897 bits per heavy atom. The zero-order chi connectivity index (χ0) is 20.6. The van der Waals surface area contributed by atoms with Crippen LogP contribution in [0, 0.1) is 5.92 Å². The van der Waals surface area contributed by atoms with Crippen molar-refractivity contribution in [2.24, 2.45) is 5.92 Å². The lowest BCUT2D eigenvalue weighted by Crippen LogP contribution is -2.56. The van der Waals surface area contributed by atoms with E-state index in [-0.39, 0.29) is 18.1 Å². The fraction of sp³-hybridized carbons (Fsp3) is 0.458. The normalized spacial score (nSPS) is 26.8. The van der Waals surface area contributed by atoms with Gasteiger partial charge in [-0.1, -0.05) is 74.5 Å². The average molecular weight is 398 g/mol. The third-order valence-electron chi connectivity index (χ3n) is 5.26. The lowest BCUT2D eigenvalue weighted by atomic mass is 9.89. The highest BCUT2D eigenvalue weighted by molar-refractivity contribution is 5.66. The molecular formula is C24H30O5. The largest absolute Gasteiger partial charge is 0.433 e. The van der Waals surface area contributed by atoms with E-state index in [1.165, 1.54) is 6.92 Å². The molecule has 1 unspecified atom stereocenters. The van der Waals surface area contributed by atoms with Gasteiger partial charge in [-0.3, -0.25) is 4.79 Å². The first kappa shape index (κ1) is 21.5. The lowest BCUT2D eigenvalue weighted by molar-refractivity contribution is -0.294. The fourth-order valence-corrected chi connectivity index (χ4v) is 3.72. The number of esters is 1. The molecular weight excluding hydrogens is 368 g/mol. The molecule has 0 bridgehead atoms. The van der Waals surface area contributed by atoms with Crippen molar-refractivity contribution in [3.8, 4) is 0 Å². The van der Waals surface area contributed by atoms with Gasteiger partial charge in [-0.25, -0.2) is 0 Å². The standard InChI is InChI=1S/C24H30O5/c1-4-21-17(2)22(26-15-19-11-7-5-8-12-19)23(24(29-21)28-18(3)25)27-16-20-13-9-6-10-14-20/h5-14,17,21-24H,4,15-16H2,1-3H3/t17-,21+,22-,23+,24?/m0/s1. The van der Waals surface area contributed by atoms with Crippen molar-refractivity contribution in [2.45, 2.75) is 65.0 Å². The Labute approximate surface area is 172 Å². The quantitative estimate of drug-likeness (QED) is 0.613. The topological polar surface area (TPSA) is 54.0 Å². The van der Waals surface area contributed by atoms with E-state index in [1.54, 1.807) is 0 Å². The zero-order valence-electron chi connectivity index (χ0n) is 17.3. The molecule has 5 atom stereocenters. The second-order valence-electron chi connectivity index (χ2n) is 7.44. The van der Waals surface area contributed by atoms with Crippen LogP contribution in [-0.4, -0.2) is 30.6 Å². The molecule has 2 aromatic carbocycles. The predicted octanol–water partition coefficient (Wildman–Crippen LogP) is 4.49. The van der Waals surface area contributed by atoms with Crippen LogP contribution >= 0.6 is 0 Å². The van der Waals surface area contributed by atoms with Crippen LogP contribution in [-0.2, 0) is 37.0 Å². The van der Waals surface area contributed by atoms with Crippen LogP contribution in [0.15, 0.2) is 60.7 Å². The summed E-state index contributed by atoms with van der Waals surface area (Å²) in [6, 6.07) is 19.9. The Balaban J connectivity index is 1.79. The molecule has 0 radical (unpaired) electrons. The van der Waals surface area contributed by atoms with Gasteiger partial charge in [0, 0.05) is 12.8 Å². The number of carbonyl (C=O) groups is 1. The average Bonchev–Trinajstić information content (AvgIpc) is 2.74. The van der Waals surface area contributed by atoms with Gasteiger partial charge in [0.15, 0.2) is 0 Å². The van der Waals surface area contributed by atoms with Crippen molar-refractivity contribution >= 4 is 5.97 Å². The number of ether oxygens (including phenoxy) is 4. The summed E-state index contributed by atoms with van der Waals surface area (Å²) in [6.45, 7) is 6.40. The van der Waals surface area contributed by atoms with Gasteiger partial charge >= 0.3 is 5.97 Å². The van der Waals surface area contributed by atoms with E-state index in [2.05, 4.69) is 13.8 Å². The Kier molecular flexibility index (Phi) is 7.81. The minimum absolute atomic E-state index is 0.0725. The molecule has 0 aliphatic carbocycles. The first-order chi connectivity index (χ1) is 14.1. The molecule has 0 spiro atoms. The molecule has 1 aliphatic rings. The number of benzene rings is 2. The van der Waals surface area contributed by atoms with Crippen molar-refractivity contribution in [3.63, 3.8) is 0 Å². The van der Waals surface area contributed by atoms with Gasteiger partial charge in [-0.2, -0.15) is 0 Å². The van der Waals surface area contributed by atoms with Crippen LogP contribution in [0.4, 0.5) is 0 Å². The van der Waals surface area contributed by atoms with Gasteiger partial charge in [-0.15, -0.1) is 0 Å². The summed E-state index contributed by atoms with van der Waals surface area (Å²) < 4.78 is 24.1. The van der Waals surface area contributed by atoms with E-state index in [0.29, 0.717) is 13.2 Å². The van der Waals surface area contributed by atoms with Gasteiger partial charge in [0.05, 0.1) is 25.4 Å². The highest BCUT2D eigenvalue weighted by Gasteiger charge is 2.46. The second kappa shape index (κ2) is 10.5. The third kappa shape index (κ3) is 5.89. The molecule has 0 amide bonds. The lowest BCUT2D eigenvalue weighted by Gasteiger charge is -2.44. The number of hydrogen-bond donors (Lipinski definition) is 0. The van der Waals surface area contributed by atoms with Gasteiger partial charge < -0.3 is 18.9 Å². The first-order valence-corrected chi connectivity index (χ1v) is 10.2. The number of rotatable bonds is 8. The summed E-state index contributed by atoms with van der Waals surface area (Å²) in [4.78, 5) is 11.7. The van der Waals surface area contributed by atoms with E-state index in [0.717, 1.165) is 17.5 Å². The van der Waals surface area contributed by atoms with Crippen molar-refractivity contribution in [2.75, 3.05) is 0 Å². The van der Waals surface area contributed by atoms with Gasteiger partial charge in [0.2, 0.25) is 6.29 Å². The molecule has 1 saturated heterocycles. The smallest absolute Gasteiger partial charge is 0.305 e. The molecule has 5 heteroatoms. The molecule has 1 fully saturated rings.